The van der Waals surface area contributed by atoms with Crippen molar-refractivity contribution < 1.29 is 14.7 Å². The lowest BCUT2D eigenvalue weighted by Crippen LogP contribution is -2.55. The summed E-state index contributed by atoms with van der Waals surface area (Å²) in [5.41, 5.74) is 0.571. The van der Waals surface area contributed by atoms with Crippen molar-refractivity contribution in [1.29, 1.82) is 0 Å². The molecular formula is C22H26N2O3. The van der Waals surface area contributed by atoms with Crippen LogP contribution in [0.2, 0.25) is 0 Å². The van der Waals surface area contributed by atoms with Gasteiger partial charge in [0.1, 0.15) is 6.17 Å². The predicted molar refractivity (Wildman–Crippen MR) is 105 cm³/mol. The Hall–Kier alpha value is -2.56. The second-order valence-corrected chi connectivity index (χ2v) is 7.86. The van der Waals surface area contributed by atoms with Gasteiger partial charge in [0, 0.05) is 12.1 Å². The van der Waals surface area contributed by atoms with Gasteiger partial charge >= 0.3 is 6.09 Å². The molecule has 1 heterocycles. The van der Waals surface area contributed by atoms with Crippen molar-refractivity contribution in [3.8, 4) is 0 Å². The number of carbonyl (C=O) groups is 2. The molecule has 1 saturated heterocycles. The van der Waals surface area contributed by atoms with Crippen molar-refractivity contribution in [3.63, 3.8) is 0 Å². The molecule has 27 heavy (non-hydrogen) atoms. The van der Waals surface area contributed by atoms with Crippen LogP contribution in [0.25, 0.3) is 10.8 Å². The van der Waals surface area contributed by atoms with Crippen LogP contribution in [0, 0.1) is 11.8 Å². The number of piperidine rings is 1. The predicted octanol–water partition coefficient (Wildman–Crippen LogP) is 4.48. The zero-order valence-electron chi connectivity index (χ0n) is 15.4. The normalized spacial score (nSPS) is 23.5. The molecule has 0 spiro atoms. The average Bonchev–Trinajstić information content (AvgIpc) is 3.22. The lowest BCUT2D eigenvalue weighted by Gasteiger charge is -2.40. The van der Waals surface area contributed by atoms with E-state index in [0.29, 0.717) is 23.9 Å². The summed E-state index contributed by atoms with van der Waals surface area (Å²) >= 11 is 0. The van der Waals surface area contributed by atoms with Gasteiger partial charge < -0.3 is 10.4 Å². The Morgan fingerprint density at radius 1 is 0.963 bits per heavy atom. The number of rotatable bonds is 3. The highest BCUT2D eigenvalue weighted by Crippen LogP contribution is 2.38. The summed E-state index contributed by atoms with van der Waals surface area (Å²) < 4.78 is 0. The maximum atomic E-state index is 12.8. The minimum atomic E-state index is -0.955. The lowest BCUT2D eigenvalue weighted by molar-refractivity contribution is 0.0551. The second-order valence-electron chi connectivity index (χ2n) is 7.86. The minimum absolute atomic E-state index is 0.205. The van der Waals surface area contributed by atoms with Crippen LogP contribution in [0.1, 0.15) is 48.9 Å². The Morgan fingerprint density at radius 3 is 2.44 bits per heavy atom. The third kappa shape index (κ3) is 3.77. The second kappa shape index (κ2) is 7.59. The van der Waals surface area contributed by atoms with Crippen molar-refractivity contribution >= 4 is 22.8 Å². The molecule has 4 rings (SSSR count). The van der Waals surface area contributed by atoms with E-state index in [1.54, 1.807) is 6.07 Å². The van der Waals surface area contributed by atoms with Gasteiger partial charge in [-0.05, 0) is 47.6 Å². The first-order chi connectivity index (χ1) is 13.1. The van der Waals surface area contributed by atoms with Crippen LogP contribution < -0.4 is 5.32 Å². The molecule has 2 aromatic rings. The van der Waals surface area contributed by atoms with E-state index < -0.39 is 12.3 Å². The first-order valence-corrected chi connectivity index (χ1v) is 9.91. The summed E-state index contributed by atoms with van der Waals surface area (Å²) in [5, 5.41) is 14.6. The Labute approximate surface area is 159 Å². The Bertz CT molecular complexity index is 844. The number of nitrogens with one attached hydrogen (secondary N) is 1. The molecule has 5 nitrogen and oxygen atoms in total. The highest BCUT2D eigenvalue weighted by molar-refractivity contribution is 5.98. The van der Waals surface area contributed by atoms with E-state index in [4.69, 9.17) is 0 Å². The summed E-state index contributed by atoms with van der Waals surface area (Å²) in [7, 11) is 0. The van der Waals surface area contributed by atoms with Gasteiger partial charge in [-0.2, -0.15) is 0 Å². The molecule has 2 unspecified atom stereocenters. The van der Waals surface area contributed by atoms with Crippen LogP contribution in [0.3, 0.4) is 0 Å². The molecule has 142 valence electrons. The fourth-order valence-electron chi connectivity index (χ4n) is 4.78. The molecule has 1 saturated carbocycles. The summed E-state index contributed by atoms with van der Waals surface area (Å²) in [6, 6.07) is 13.5. The number of hydrogen-bond donors (Lipinski definition) is 2. The van der Waals surface area contributed by atoms with E-state index in [9.17, 15) is 14.7 Å². The van der Waals surface area contributed by atoms with Crippen LogP contribution in [0.4, 0.5) is 4.79 Å². The maximum Gasteiger partial charge on any atom is 0.408 e. The van der Waals surface area contributed by atoms with Crippen molar-refractivity contribution in [2.75, 3.05) is 6.54 Å². The fourth-order valence-corrected chi connectivity index (χ4v) is 4.78. The van der Waals surface area contributed by atoms with E-state index >= 15 is 0 Å². The van der Waals surface area contributed by atoms with Crippen molar-refractivity contribution in [2.45, 2.75) is 44.7 Å². The molecule has 0 aromatic heterocycles. The molecule has 2 aliphatic rings. The van der Waals surface area contributed by atoms with Crippen molar-refractivity contribution in [2.24, 2.45) is 11.8 Å². The first-order valence-electron chi connectivity index (χ1n) is 9.91. The van der Waals surface area contributed by atoms with Gasteiger partial charge in [0.25, 0.3) is 5.91 Å². The van der Waals surface area contributed by atoms with Gasteiger partial charge in [-0.25, -0.2) is 4.79 Å². The van der Waals surface area contributed by atoms with E-state index in [1.165, 1.54) is 30.6 Å². The van der Waals surface area contributed by atoms with E-state index in [0.717, 1.165) is 23.6 Å². The van der Waals surface area contributed by atoms with Gasteiger partial charge in [0.15, 0.2) is 0 Å². The number of hydrogen-bond acceptors (Lipinski definition) is 2. The van der Waals surface area contributed by atoms with Crippen LogP contribution >= 0.6 is 0 Å². The molecule has 1 aliphatic heterocycles. The molecular weight excluding hydrogens is 340 g/mol. The third-order valence-electron chi connectivity index (χ3n) is 6.26. The van der Waals surface area contributed by atoms with Crippen LogP contribution in [-0.2, 0) is 0 Å². The maximum absolute atomic E-state index is 12.8. The number of nitrogens with zero attached hydrogens (tertiary/aromatic N) is 1. The first kappa shape index (κ1) is 17.8. The van der Waals surface area contributed by atoms with Gasteiger partial charge in [0.05, 0.1) is 0 Å². The topological polar surface area (TPSA) is 69.6 Å². The minimum Gasteiger partial charge on any atom is -0.465 e. The molecule has 0 radical (unpaired) electrons. The molecule has 5 heteroatoms. The highest BCUT2D eigenvalue weighted by Gasteiger charge is 2.36. The monoisotopic (exact) mass is 366 g/mol. The smallest absolute Gasteiger partial charge is 0.408 e. The van der Waals surface area contributed by atoms with Crippen LogP contribution in [0.5, 0.6) is 0 Å². The zero-order valence-corrected chi connectivity index (χ0v) is 15.4. The fraction of sp³-hybridized carbons (Fsp3) is 0.455. The molecule has 1 aliphatic carbocycles. The SMILES string of the molecule is O=C(NC1CC(C2CCCC2)CCN1C(=O)O)c1ccc2ccccc2c1. The molecule has 2 fully saturated rings. The molecule has 2 amide bonds. The Balaban J connectivity index is 1.51. The van der Waals surface area contributed by atoms with Crippen molar-refractivity contribution in [1.82, 2.24) is 10.2 Å². The van der Waals surface area contributed by atoms with E-state index in [1.807, 2.05) is 36.4 Å². The number of amides is 2. The van der Waals surface area contributed by atoms with Crippen LogP contribution in [-0.4, -0.2) is 34.7 Å². The van der Waals surface area contributed by atoms with E-state index in [-0.39, 0.29) is 5.91 Å². The number of carbonyl (C=O) groups excluding carboxylic acids is 1. The van der Waals surface area contributed by atoms with Gasteiger partial charge in [-0.3, -0.25) is 9.69 Å². The van der Waals surface area contributed by atoms with E-state index in [2.05, 4.69) is 5.32 Å². The molecule has 0 bridgehead atoms. The summed E-state index contributed by atoms with van der Waals surface area (Å²) in [6.45, 7) is 0.499. The van der Waals surface area contributed by atoms with Gasteiger partial charge in [-0.1, -0.05) is 56.0 Å². The third-order valence-corrected chi connectivity index (χ3v) is 6.26. The summed E-state index contributed by atoms with van der Waals surface area (Å²) in [5.74, 6) is 0.982. The molecule has 2 aromatic carbocycles. The summed E-state index contributed by atoms with van der Waals surface area (Å²) in [6.07, 6.45) is 5.25. The average molecular weight is 366 g/mol. The largest absolute Gasteiger partial charge is 0.465 e. The number of carboxylic acid groups (broad SMARTS) is 1. The number of fused-ring (bicyclic) bond motifs is 1. The lowest BCUT2D eigenvalue weighted by atomic mass is 9.82. The Morgan fingerprint density at radius 2 is 1.70 bits per heavy atom. The number of likely N-dealkylation sites (tertiary alicyclic amines) is 1. The van der Waals surface area contributed by atoms with Crippen LogP contribution in [0.15, 0.2) is 42.5 Å². The number of benzene rings is 2. The molecule has 2 atom stereocenters. The van der Waals surface area contributed by atoms with Crippen molar-refractivity contribution in [3.05, 3.63) is 48.0 Å². The highest BCUT2D eigenvalue weighted by atomic mass is 16.4. The quantitative estimate of drug-likeness (QED) is 0.842. The van der Waals surface area contributed by atoms with Gasteiger partial charge in [-0.15, -0.1) is 0 Å². The standard InChI is InChI=1S/C22H26N2O3/c25-21(19-10-9-16-7-3-4-8-17(16)13-19)23-20-14-18(15-5-1-2-6-15)11-12-24(20)22(26)27/h3-4,7-10,13,15,18,20H,1-2,5-6,11-12,14H2,(H,23,25)(H,26,27). The molecule has 2 N–H and O–H groups in total. The van der Waals surface area contributed by atoms with Gasteiger partial charge in [0.2, 0.25) is 0 Å². The summed E-state index contributed by atoms with van der Waals surface area (Å²) in [4.78, 5) is 25.9. The zero-order chi connectivity index (χ0) is 18.8. The Kier molecular flexibility index (Phi) is 5.01.